The lowest BCUT2D eigenvalue weighted by molar-refractivity contribution is 0.0630. The van der Waals surface area contributed by atoms with E-state index in [0.717, 1.165) is 24.4 Å². The maximum Gasteiger partial charge on any atom is 0.0596 e. The summed E-state index contributed by atoms with van der Waals surface area (Å²) in [4.78, 5) is 2.49. The highest BCUT2D eigenvalue weighted by Crippen LogP contribution is 2.17. The van der Waals surface area contributed by atoms with Crippen LogP contribution < -0.4 is 0 Å². The fraction of sp³-hybridized carbons (Fsp3) is 1.00. The number of likely N-dealkylation sites (tertiary alicyclic amines) is 1. The van der Waals surface area contributed by atoms with Gasteiger partial charge in [-0.3, -0.25) is 0 Å². The first kappa shape index (κ1) is 11.5. The first-order valence-corrected chi connectivity index (χ1v) is 6.24. The van der Waals surface area contributed by atoms with Crippen LogP contribution in [0.1, 0.15) is 20.3 Å². The smallest absolute Gasteiger partial charge is 0.0596 e. The van der Waals surface area contributed by atoms with Gasteiger partial charge in [-0.15, -0.1) is 0 Å². The van der Waals surface area contributed by atoms with E-state index in [1.807, 2.05) is 0 Å². The molecule has 0 aromatic heterocycles. The van der Waals surface area contributed by atoms with Crippen LogP contribution in [0.15, 0.2) is 0 Å². The quantitative estimate of drug-likeness (QED) is 0.693. The summed E-state index contributed by atoms with van der Waals surface area (Å²) in [6.07, 6.45) is 1.71. The summed E-state index contributed by atoms with van der Waals surface area (Å²) < 4.78 is 5.52. The zero-order chi connectivity index (χ0) is 9.68. The molecule has 13 heavy (non-hydrogen) atoms. The highest BCUT2D eigenvalue weighted by Gasteiger charge is 2.20. The molecule has 0 aromatic carbocycles. The fourth-order valence-corrected chi connectivity index (χ4v) is 2.19. The molecule has 2 nitrogen and oxygen atoms in total. The minimum absolute atomic E-state index is 0.370. The minimum Gasteiger partial charge on any atom is -0.377 e. The van der Waals surface area contributed by atoms with Crippen molar-refractivity contribution in [2.45, 2.75) is 26.4 Å². The summed E-state index contributed by atoms with van der Waals surface area (Å²) >= 11 is 3.54. The second kappa shape index (κ2) is 5.99. The summed E-state index contributed by atoms with van der Waals surface area (Å²) in [5.74, 6) is 0.860. The molecule has 0 bridgehead atoms. The molecular weight excluding hydrogens is 230 g/mol. The van der Waals surface area contributed by atoms with Gasteiger partial charge in [-0.05, 0) is 32.7 Å². The molecule has 1 aliphatic heterocycles. The zero-order valence-electron chi connectivity index (χ0n) is 8.63. The lowest BCUT2D eigenvalue weighted by atomic mass is 10.2. The van der Waals surface area contributed by atoms with Crippen LogP contribution in [0.3, 0.4) is 0 Å². The number of halogens is 1. The summed E-state index contributed by atoms with van der Waals surface area (Å²) in [5.41, 5.74) is 0. The van der Waals surface area contributed by atoms with Gasteiger partial charge in [0.15, 0.2) is 0 Å². The van der Waals surface area contributed by atoms with Crippen molar-refractivity contribution in [1.82, 2.24) is 4.90 Å². The van der Waals surface area contributed by atoms with Crippen LogP contribution in [0.5, 0.6) is 0 Å². The van der Waals surface area contributed by atoms with Crippen LogP contribution in [-0.2, 0) is 4.74 Å². The van der Waals surface area contributed by atoms with Gasteiger partial charge < -0.3 is 9.64 Å². The molecule has 1 saturated heterocycles. The summed E-state index contributed by atoms with van der Waals surface area (Å²) in [6.45, 7) is 8.65. The largest absolute Gasteiger partial charge is 0.377 e. The van der Waals surface area contributed by atoms with Gasteiger partial charge in [0.1, 0.15) is 0 Å². The third-order valence-electron chi connectivity index (χ3n) is 2.45. The average molecular weight is 250 g/mol. The second-order valence-electron chi connectivity index (χ2n) is 4.03. The number of ether oxygens (including phenoxy) is 1. The van der Waals surface area contributed by atoms with E-state index in [-0.39, 0.29) is 0 Å². The number of alkyl halides is 1. The summed E-state index contributed by atoms with van der Waals surface area (Å²) in [6, 6.07) is 0. The van der Waals surface area contributed by atoms with Gasteiger partial charge in [0.05, 0.1) is 12.7 Å². The monoisotopic (exact) mass is 249 g/mol. The molecule has 0 N–H and O–H groups in total. The van der Waals surface area contributed by atoms with Gasteiger partial charge in [0.2, 0.25) is 0 Å². The Morgan fingerprint density at radius 2 is 2.31 bits per heavy atom. The third kappa shape index (κ3) is 4.43. The maximum atomic E-state index is 5.52. The predicted molar refractivity (Wildman–Crippen MR) is 59.4 cm³/mol. The number of nitrogens with zero attached hydrogens (tertiary/aromatic N) is 1. The van der Waals surface area contributed by atoms with Crippen molar-refractivity contribution in [2.75, 3.05) is 31.6 Å². The SMILES string of the molecule is CC(C)OCCN1CCC(CBr)C1. The molecule has 0 radical (unpaired) electrons. The molecular formula is C10H20BrNO. The van der Waals surface area contributed by atoms with E-state index in [1.165, 1.54) is 19.5 Å². The first-order chi connectivity index (χ1) is 6.22. The molecule has 1 heterocycles. The Bertz CT molecular complexity index is 141. The topological polar surface area (TPSA) is 12.5 Å². The maximum absolute atomic E-state index is 5.52. The molecule has 0 amide bonds. The van der Waals surface area contributed by atoms with E-state index in [2.05, 4.69) is 34.7 Å². The van der Waals surface area contributed by atoms with Crippen LogP contribution in [0.4, 0.5) is 0 Å². The Hall–Kier alpha value is 0.400. The molecule has 0 aromatic rings. The van der Waals surface area contributed by atoms with Gasteiger partial charge >= 0.3 is 0 Å². The summed E-state index contributed by atoms with van der Waals surface area (Å²) in [7, 11) is 0. The normalized spacial score (nSPS) is 24.5. The molecule has 78 valence electrons. The highest BCUT2D eigenvalue weighted by atomic mass is 79.9. The van der Waals surface area contributed by atoms with Crippen molar-refractivity contribution >= 4 is 15.9 Å². The van der Waals surface area contributed by atoms with Crippen LogP contribution in [0.25, 0.3) is 0 Å². The van der Waals surface area contributed by atoms with Gasteiger partial charge in [-0.1, -0.05) is 15.9 Å². The van der Waals surface area contributed by atoms with Crippen LogP contribution >= 0.6 is 15.9 Å². The zero-order valence-corrected chi connectivity index (χ0v) is 10.2. The van der Waals surface area contributed by atoms with E-state index < -0.39 is 0 Å². The van der Waals surface area contributed by atoms with E-state index in [1.54, 1.807) is 0 Å². The van der Waals surface area contributed by atoms with E-state index in [9.17, 15) is 0 Å². The lowest BCUT2D eigenvalue weighted by Gasteiger charge is -2.16. The second-order valence-corrected chi connectivity index (χ2v) is 4.68. The van der Waals surface area contributed by atoms with Crippen molar-refractivity contribution in [2.24, 2.45) is 5.92 Å². The van der Waals surface area contributed by atoms with E-state index in [0.29, 0.717) is 6.10 Å². The van der Waals surface area contributed by atoms with Gasteiger partial charge in [0, 0.05) is 18.4 Å². The Morgan fingerprint density at radius 1 is 1.54 bits per heavy atom. The minimum atomic E-state index is 0.370. The first-order valence-electron chi connectivity index (χ1n) is 5.12. The molecule has 1 aliphatic rings. The number of hydrogen-bond acceptors (Lipinski definition) is 2. The Morgan fingerprint density at radius 3 is 2.85 bits per heavy atom. The average Bonchev–Trinajstić information content (AvgIpc) is 2.52. The van der Waals surface area contributed by atoms with Crippen molar-refractivity contribution in [3.05, 3.63) is 0 Å². The molecule has 1 unspecified atom stereocenters. The lowest BCUT2D eigenvalue weighted by Crippen LogP contribution is -2.26. The van der Waals surface area contributed by atoms with Crippen molar-refractivity contribution in [1.29, 1.82) is 0 Å². The fourth-order valence-electron chi connectivity index (χ4n) is 1.66. The van der Waals surface area contributed by atoms with Gasteiger partial charge in [-0.25, -0.2) is 0 Å². The van der Waals surface area contributed by atoms with Crippen molar-refractivity contribution in [3.8, 4) is 0 Å². The van der Waals surface area contributed by atoms with E-state index >= 15 is 0 Å². The molecule has 0 aliphatic carbocycles. The predicted octanol–water partition coefficient (Wildman–Crippen LogP) is 2.13. The molecule has 0 spiro atoms. The number of rotatable bonds is 5. The Labute approximate surface area is 89.8 Å². The van der Waals surface area contributed by atoms with E-state index in [4.69, 9.17) is 4.74 Å². The van der Waals surface area contributed by atoms with Crippen molar-refractivity contribution < 1.29 is 4.74 Å². The standard InChI is InChI=1S/C10H20BrNO/c1-9(2)13-6-5-12-4-3-10(7-11)8-12/h9-10H,3-8H2,1-2H3. The molecule has 3 heteroatoms. The Balaban J connectivity index is 2.03. The molecule has 1 fully saturated rings. The number of hydrogen-bond donors (Lipinski definition) is 0. The third-order valence-corrected chi connectivity index (χ3v) is 3.36. The molecule has 0 saturated carbocycles. The van der Waals surface area contributed by atoms with Crippen LogP contribution in [0, 0.1) is 5.92 Å². The Kier molecular flexibility index (Phi) is 5.29. The molecule has 1 rings (SSSR count). The van der Waals surface area contributed by atoms with Crippen molar-refractivity contribution in [3.63, 3.8) is 0 Å². The van der Waals surface area contributed by atoms with Crippen LogP contribution in [-0.4, -0.2) is 42.6 Å². The highest BCUT2D eigenvalue weighted by molar-refractivity contribution is 9.09. The van der Waals surface area contributed by atoms with Gasteiger partial charge in [-0.2, -0.15) is 0 Å². The molecule has 1 atom stereocenters. The summed E-state index contributed by atoms with van der Waals surface area (Å²) in [5, 5.41) is 1.15. The van der Waals surface area contributed by atoms with Gasteiger partial charge in [0.25, 0.3) is 0 Å². The van der Waals surface area contributed by atoms with Crippen LogP contribution in [0.2, 0.25) is 0 Å².